The first kappa shape index (κ1) is 26.1. The summed E-state index contributed by atoms with van der Waals surface area (Å²) in [4.78, 5) is 41.7. The van der Waals surface area contributed by atoms with Crippen molar-refractivity contribution >= 4 is 28.8 Å². The van der Waals surface area contributed by atoms with Crippen molar-refractivity contribution in [3.8, 4) is 11.5 Å². The minimum atomic E-state index is -0.550. The summed E-state index contributed by atoms with van der Waals surface area (Å²) in [6, 6.07) is 14.9. The number of nitro groups is 1. The van der Waals surface area contributed by atoms with E-state index in [9.17, 15) is 19.7 Å². The summed E-state index contributed by atoms with van der Waals surface area (Å²) in [6.45, 7) is 1.33. The van der Waals surface area contributed by atoms with E-state index in [0.29, 0.717) is 37.6 Å². The molecule has 0 saturated carbocycles. The number of amides is 2. The van der Waals surface area contributed by atoms with Crippen molar-refractivity contribution in [3.63, 3.8) is 0 Å². The molecule has 0 unspecified atom stereocenters. The Bertz CT molecular complexity index is 1250. The summed E-state index contributed by atoms with van der Waals surface area (Å²) in [7, 11) is 1.56. The normalized spacial score (nSPS) is 11.8. The Hall–Kier alpha value is -3.96. The van der Waals surface area contributed by atoms with Crippen LogP contribution in [-0.2, 0) is 22.6 Å². The molecule has 2 heterocycles. The third kappa shape index (κ3) is 6.83. The summed E-state index contributed by atoms with van der Waals surface area (Å²) in [5, 5.41) is 13.2. The molecule has 1 aromatic heterocycles. The van der Waals surface area contributed by atoms with E-state index in [0.717, 1.165) is 10.4 Å². The van der Waals surface area contributed by atoms with Crippen LogP contribution in [0.3, 0.4) is 0 Å². The van der Waals surface area contributed by atoms with Gasteiger partial charge in [0.05, 0.1) is 11.5 Å². The smallest absolute Gasteiger partial charge is 0.270 e. The number of thiophene rings is 1. The van der Waals surface area contributed by atoms with Crippen LogP contribution in [0.5, 0.6) is 11.5 Å². The maximum atomic E-state index is 13.6. The zero-order valence-electron chi connectivity index (χ0n) is 20.3. The molecule has 4 rings (SSSR count). The Labute approximate surface area is 218 Å². The molecule has 0 fully saturated rings. The van der Waals surface area contributed by atoms with E-state index in [-0.39, 0.29) is 37.0 Å². The second kappa shape index (κ2) is 12.3. The van der Waals surface area contributed by atoms with Crippen molar-refractivity contribution in [3.05, 3.63) is 86.1 Å². The monoisotopic (exact) mass is 525 g/mol. The molecule has 1 aliphatic rings. The van der Waals surface area contributed by atoms with Crippen LogP contribution < -0.4 is 9.47 Å². The van der Waals surface area contributed by atoms with E-state index < -0.39 is 10.8 Å². The van der Waals surface area contributed by atoms with Crippen molar-refractivity contribution in [1.29, 1.82) is 0 Å². The fraction of sp³-hybridized carbons (Fsp3) is 0.308. The molecule has 3 aromatic rings. The Morgan fingerprint density at radius 1 is 1.05 bits per heavy atom. The van der Waals surface area contributed by atoms with Crippen LogP contribution in [0.15, 0.2) is 60.0 Å². The zero-order valence-corrected chi connectivity index (χ0v) is 21.1. The van der Waals surface area contributed by atoms with Gasteiger partial charge in [-0.3, -0.25) is 19.7 Å². The first-order valence-corrected chi connectivity index (χ1v) is 12.5. The number of fused-ring (bicyclic) bond motifs is 1. The lowest BCUT2D eigenvalue weighted by Crippen LogP contribution is -2.43. The fourth-order valence-corrected chi connectivity index (χ4v) is 4.65. The van der Waals surface area contributed by atoms with Gasteiger partial charge < -0.3 is 24.0 Å². The van der Waals surface area contributed by atoms with Crippen LogP contribution in [-0.4, -0.2) is 60.1 Å². The number of methoxy groups -OCH3 is 1. The average Bonchev–Trinajstić information content (AvgIpc) is 3.59. The molecule has 2 aromatic carbocycles. The van der Waals surface area contributed by atoms with Gasteiger partial charge in [0.2, 0.25) is 12.7 Å². The van der Waals surface area contributed by atoms with Gasteiger partial charge in [0.15, 0.2) is 11.5 Å². The van der Waals surface area contributed by atoms with Gasteiger partial charge in [0, 0.05) is 49.4 Å². The lowest BCUT2D eigenvalue weighted by molar-refractivity contribution is -0.384. The van der Waals surface area contributed by atoms with Crippen LogP contribution in [0.4, 0.5) is 5.69 Å². The summed E-state index contributed by atoms with van der Waals surface area (Å²) >= 11 is 1.54. The van der Waals surface area contributed by atoms with Crippen LogP contribution in [0.25, 0.3) is 0 Å². The number of rotatable bonds is 12. The molecule has 194 valence electrons. The first-order chi connectivity index (χ1) is 17.9. The summed E-state index contributed by atoms with van der Waals surface area (Å²) in [6.07, 6.45) is 0.511. The quantitative estimate of drug-likeness (QED) is 0.199. The Morgan fingerprint density at radius 2 is 1.89 bits per heavy atom. The molecule has 2 amide bonds. The number of non-ortho nitro benzene ring substituents is 1. The number of carbonyl (C=O) groups is 2. The first-order valence-electron chi connectivity index (χ1n) is 11.7. The largest absolute Gasteiger partial charge is 0.454 e. The molecular weight excluding hydrogens is 498 g/mol. The van der Waals surface area contributed by atoms with Crippen LogP contribution >= 0.6 is 11.3 Å². The minimum absolute atomic E-state index is 0.153. The van der Waals surface area contributed by atoms with Gasteiger partial charge in [-0.05, 0) is 41.6 Å². The highest BCUT2D eigenvalue weighted by Gasteiger charge is 2.24. The number of ether oxygens (including phenoxy) is 3. The molecule has 37 heavy (non-hydrogen) atoms. The highest BCUT2D eigenvalue weighted by molar-refractivity contribution is 7.09. The molecule has 0 radical (unpaired) electrons. The van der Waals surface area contributed by atoms with E-state index >= 15 is 0 Å². The molecule has 11 heteroatoms. The van der Waals surface area contributed by atoms with Gasteiger partial charge in [-0.15, -0.1) is 11.3 Å². The summed E-state index contributed by atoms with van der Waals surface area (Å²) in [5.41, 5.74) is 0.834. The maximum absolute atomic E-state index is 13.6. The molecule has 0 saturated heterocycles. The molecule has 0 atom stereocenters. The van der Waals surface area contributed by atoms with E-state index in [1.165, 1.54) is 29.2 Å². The second-order valence-electron chi connectivity index (χ2n) is 8.40. The number of benzene rings is 2. The molecule has 1 aliphatic heterocycles. The van der Waals surface area contributed by atoms with Crippen molar-refractivity contribution in [2.45, 2.75) is 19.5 Å². The zero-order chi connectivity index (χ0) is 26.2. The lowest BCUT2D eigenvalue weighted by Gasteiger charge is -2.28. The molecule has 0 aliphatic carbocycles. The van der Waals surface area contributed by atoms with Gasteiger partial charge in [0.25, 0.3) is 11.6 Å². The summed E-state index contributed by atoms with van der Waals surface area (Å²) in [5.74, 6) is 0.587. The van der Waals surface area contributed by atoms with Crippen molar-refractivity contribution < 1.29 is 28.7 Å². The van der Waals surface area contributed by atoms with Crippen LogP contribution in [0, 0.1) is 10.1 Å². The van der Waals surface area contributed by atoms with Gasteiger partial charge >= 0.3 is 0 Å². The van der Waals surface area contributed by atoms with Gasteiger partial charge in [-0.1, -0.05) is 18.2 Å². The van der Waals surface area contributed by atoms with Gasteiger partial charge in [-0.2, -0.15) is 0 Å². The Kier molecular flexibility index (Phi) is 8.70. The maximum Gasteiger partial charge on any atom is 0.270 e. The third-order valence-electron chi connectivity index (χ3n) is 5.78. The van der Waals surface area contributed by atoms with Crippen molar-refractivity contribution in [1.82, 2.24) is 9.80 Å². The second-order valence-corrected chi connectivity index (χ2v) is 9.43. The van der Waals surface area contributed by atoms with Crippen LogP contribution in [0.1, 0.15) is 27.2 Å². The fourth-order valence-electron chi connectivity index (χ4n) is 3.93. The average molecular weight is 526 g/mol. The highest BCUT2D eigenvalue weighted by Crippen LogP contribution is 2.33. The van der Waals surface area contributed by atoms with Gasteiger partial charge in [-0.25, -0.2) is 0 Å². The third-order valence-corrected chi connectivity index (χ3v) is 6.64. The topological polar surface area (TPSA) is 111 Å². The van der Waals surface area contributed by atoms with Crippen LogP contribution in [0.2, 0.25) is 0 Å². The van der Waals surface area contributed by atoms with Crippen molar-refractivity contribution in [2.75, 3.05) is 33.6 Å². The van der Waals surface area contributed by atoms with E-state index in [1.807, 2.05) is 35.7 Å². The molecule has 0 bridgehead atoms. The minimum Gasteiger partial charge on any atom is -0.454 e. The Balaban J connectivity index is 1.55. The van der Waals surface area contributed by atoms with Gasteiger partial charge in [0.1, 0.15) is 6.54 Å². The molecule has 0 spiro atoms. The number of nitrogens with zero attached hydrogens (tertiary/aromatic N) is 3. The number of carbonyl (C=O) groups excluding carboxylic acids is 2. The number of nitro benzene ring substituents is 1. The SMILES string of the molecule is COCCCN(CC(=O)N(Cc1ccc2c(c1)OCO2)Cc1cccs1)C(=O)c1cccc([N+](=O)[O-])c1. The number of hydrogen-bond acceptors (Lipinski definition) is 8. The number of hydrogen-bond donors (Lipinski definition) is 0. The summed E-state index contributed by atoms with van der Waals surface area (Å²) < 4.78 is 16.0. The predicted octanol–water partition coefficient (Wildman–Crippen LogP) is 4.09. The van der Waals surface area contributed by atoms with E-state index in [1.54, 1.807) is 23.3 Å². The standard InChI is InChI=1S/C26H27N3O7S/c1-34-11-4-10-27(26(31)20-5-2-6-21(14-20)29(32)33)17-25(30)28(16-22-7-3-12-37-22)15-19-8-9-23-24(13-19)36-18-35-23/h2-3,5-9,12-14H,4,10-11,15-18H2,1H3. The molecule has 10 nitrogen and oxygen atoms in total. The lowest BCUT2D eigenvalue weighted by atomic mass is 10.1. The van der Waals surface area contributed by atoms with E-state index in [4.69, 9.17) is 14.2 Å². The van der Waals surface area contributed by atoms with Crippen molar-refractivity contribution in [2.24, 2.45) is 0 Å². The predicted molar refractivity (Wildman–Crippen MR) is 137 cm³/mol. The highest BCUT2D eigenvalue weighted by atomic mass is 32.1. The molecular formula is C26H27N3O7S. The van der Waals surface area contributed by atoms with E-state index in [2.05, 4.69) is 0 Å². The Morgan fingerprint density at radius 3 is 2.65 bits per heavy atom. The molecule has 0 N–H and O–H groups in total.